The summed E-state index contributed by atoms with van der Waals surface area (Å²) in [5.41, 5.74) is 2.43. The third-order valence-corrected chi connectivity index (χ3v) is 7.52. The third-order valence-electron chi connectivity index (χ3n) is 7.52. The summed E-state index contributed by atoms with van der Waals surface area (Å²) in [5.74, 6) is -0.874. The average molecular weight is 729 g/mol. The largest absolute Gasteiger partial charge is 0.481 e. The molecule has 0 atom stereocenters. The van der Waals surface area contributed by atoms with E-state index in [9.17, 15) is 4.79 Å². The van der Waals surface area contributed by atoms with Crippen molar-refractivity contribution in [1.82, 2.24) is 0 Å². The van der Waals surface area contributed by atoms with Gasteiger partial charge in [-0.05, 0) is 16.7 Å². The predicted octanol–water partition coefficient (Wildman–Crippen LogP) is 4.62. The van der Waals surface area contributed by atoms with E-state index in [4.69, 9.17) is 52.5 Å². The van der Waals surface area contributed by atoms with Gasteiger partial charge in [-0.15, -0.1) is 0 Å². The molecule has 0 aromatic heterocycles. The molecule has 1 N–H and O–H groups in total. The van der Waals surface area contributed by atoms with Crippen LogP contribution in [0.5, 0.6) is 0 Å². The quantitative estimate of drug-likeness (QED) is 0.0681. The summed E-state index contributed by atoms with van der Waals surface area (Å²) in [4.78, 5) is 10.4. The highest BCUT2D eigenvalue weighted by molar-refractivity contribution is 5.66. The lowest BCUT2D eigenvalue weighted by Crippen LogP contribution is -2.34. The molecule has 0 aliphatic heterocycles. The van der Waals surface area contributed by atoms with E-state index in [0.717, 1.165) is 16.7 Å². The Kier molecular flexibility index (Phi) is 24.2. The molecule has 12 heteroatoms. The molecular formula is C40H56O12. The maximum atomic E-state index is 10.4. The molecule has 0 aliphatic rings. The van der Waals surface area contributed by atoms with E-state index < -0.39 is 11.6 Å². The summed E-state index contributed by atoms with van der Waals surface area (Å²) in [6.07, 6.45) is -0.00397. The minimum atomic E-state index is -0.874. The number of hydrogen-bond donors (Lipinski definition) is 1. The van der Waals surface area contributed by atoms with E-state index >= 15 is 0 Å². The smallest absolute Gasteiger partial charge is 0.305 e. The minimum Gasteiger partial charge on any atom is -0.481 e. The van der Waals surface area contributed by atoms with Crippen LogP contribution >= 0.6 is 0 Å². The number of carboxylic acid groups (broad SMARTS) is 1. The fraction of sp³-hybridized carbons (Fsp3) is 0.525. The summed E-state index contributed by atoms with van der Waals surface area (Å²) >= 11 is 0. The van der Waals surface area contributed by atoms with Crippen molar-refractivity contribution in [3.05, 3.63) is 108 Å². The van der Waals surface area contributed by atoms with Gasteiger partial charge >= 0.3 is 5.97 Å². The van der Waals surface area contributed by atoms with Gasteiger partial charge in [-0.25, -0.2) is 0 Å². The van der Waals surface area contributed by atoms with Crippen molar-refractivity contribution in [2.75, 3.05) is 126 Å². The van der Waals surface area contributed by atoms with Crippen molar-refractivity contribution in [2.24, 2.45) is 0 Å². The summed E-state index contributed by atoms with van der Waals surface area (Å²) in [6, 6.07) is 30.9. The zero-order valence-electron chi connectivity index (χ0n) is 30.2. The van der Waals surface area contributed by atoms with Crippen LogP contribution < -0.4 is 0 Å². The molecule has 52 heavy (non-hydrogen) atoms. The van der Waals surface area contributed by atoms with Crippen LogP contribution in [0.2, 0.25) is 0 Å². The number of carbonyl (C=O) groups is 1. The van der Waals surface area contributed by atoms with Gasteiger partial charge in [0.15, 0.2) is 0 Å². The first-order chi connectivity index (χ1) is 25.7. The number of ether oxygens (including phenoxy) is 10. The van der Waals surface area contributed by atoms with Crippen molar-refractivity contribution >= 4 is 5.97 Å². The molecule has 0 heterocycles. The van der Waals surface area contributed by atoms with Gasteiger partial charge in [0, 0.05) is 0 Å². The highest BCUT2D eigenvalue weighted by Crippen LogP contribution is 2.40. The van der Waals surface area contributed by atoms with Gasteiger partial charge in [0.25, 0.3) is 0 Å². The molecule has 0 bridgehead atoms. The van der Waals surface area contributed by atoms with Crippen molar-refractivity contribution in [1.29, 1.82) is 0 Å². The summed E-state index contributed by atoms with van der Waals surface area (Å²) in [5, 5.41) is 8.51. The molecule has 0 saturated heterocycles. The zero-order valence-corrected chi connectivity index (χ0v) is 30.2. The first-order valence-electron chi connectivity index (χ1n) is 18.0. The van der Waals surface area contributed by atoms with Crippen LogP contribution in [-0.4, -0.2) is 137 Å². The second-order valence-electron chi connectivity index (χ2n) is 11.3. The average Bonchev–Trinajstić information content (AvgIpc) is 3.18. The van der Waals surface area contributed by atoms with Gasteiger partial charge in [0.2, 0.25) is 0 Å². The molecule has 3 rings (SSSR count). The number of rotatable bonds is 34. The normalized spacial score (nSPS) is 11.6. The summed E-state index contributed by atoms with van der Waals surface area (Å²) in [7, 11) is 0. The first kappa shape index (κ1) is 43.1. The Morgan fingerprint density at radius 3 is 0.846 bits per heavy atom. The van der Waals surface area contributed by atoms with E-state index in [1.807, 2.05) is 54.6 Å². The van der Waals surface area contributed by atoms with Gasteiger partial charge in [-0.2, -0.15) is 0 Å². The molecule has 0 aliphatic carbocycles. The lowest BCUT2D eigenvalue weighted by Gasteiger charge is -2.36. The van der Waals surface area contributed by atoms with E-state index in [-0.39, 0.29) is 13.0 Å². The molecule has 3 aromatic rings. The molecule has 0 fully saturated rings. The molecular weight excluding hydrogens is 672 g/mol. The van der Waals surface area contributed by atoms with Crippen LogP contribution in [0.1, 0.15) is 23.1 Å². The topological polar surface area (TPSA) is 130 Å². The standard InChI is InChI=1S/C40H56O12/c41-39(42)16-17-43-18-19-44-20-21-45-22-23-46-24-25-47-26-27-48-28-29-49-30-31-50-32-33-51-34-35-52-40(36-10-4-1-5-11-36,37-12-6-2-7-13-37)38-14-8-3-9-15-38/h1-15H,16-35H2,(H,41,42). The maximum absolute atomic E-state index is 10.4. The van der Waals surface area contributed by atoms with Crippen molar-refractivity contribution in [3.63, 3.8) is 0 Å². The highest BCUT2D eigenvalue weighted by atomic mass is 16.6. The van der Waals surface area contributed by atoms with Crippen LogP contribution in [-0.2, 0) is 57.8 Å². The molecule has 0 saturated carbocycles. The Morgan fingerprint density at radius 1 is 0.365 bits per heavy atom. The lowest BCUT2D eigenvalue weighted by atomic mass is 9.80. The molecule has 3 aromatic carbocycles. The Morgan fingerprint density at radius 2 is 0.596 bits per heavy atom. The van der Waals surface area contributed by atoms with Crippen LogP contribution in [0.15, 0.2) is 91.0 Å². The van der Waals surface area contributed by atoms with Crippen molar-refractivity contribution < 1.29 is 57.3 Å². The second kappa shape index (κ2) is 29.2. The predicted molar refractivity (Wildman–Crippen MR) is 195 cm³/mol. The third kappa shape index (κ3) is 18.5. The summed E-state index contributed by atoms with van der Waals surface area (Å²) < 4.78 is 56.1. The van der Waals surface area contributed by atoms with Gasteiger partial charge < -0.3 is 52.5 Å². The molecule has 288 valence electrons. The Balaban J connectivity index is 1.09. The van der Waals surface area contributed by atoms with Gasteiger partial charge in [0.05, 0.1) is 132 Å². The van der Waals surface area contributed by atoms with Crippen LogP contribution in [0, 0.1) is 0 Å². The molecule has 0 spiro atoms. The number of hydrogen-bond acceptors (Lipinski definition) is 11. The maximum Gasteiger partial charge on any atom is 0.305 e. The Hall–Kier alpha value is -3.27. The van der Waals surface area contributed by atoms with Crippen molar-refractivity contribution in [3.8, 4) is 0 Å². The van der Waals surface area contributed by atoms with Crippen LogP contribution in [0.4, 0.5) is 0 Å². The summed E-state index contributed by atoms with van der Waals surface area (Å²) in [6.45, 7) is 8.44. The van der Waals surface area contributed by atoms with E-state index in [0.29, 0.717) is 119 Å². The number of aliphatic carboxylic acids is 1. The SMILES string of the molecule is O=C(O)CCOCCOCCOCCOCCOCCOCCOCCOCCOCCOC(c1ccccc1)(c1ccccc1)c1ccccc1. The van der Waals surface area contributed by atoms with E-state index in [2.05, 4.69) is 36.4 Å². The second-order valence-corrected chi connectivity index (χ2v) is 11.3. The first-order valence-corrected chi connectivity index (χ1v) is 18.0. The molecule has 0 amide bonds. The number of carboxylic acids is 1. The fourth-order valence-electron chi connectivity index (χ4n) is 5.04. The highest BCUT2D eigenvalue weighted by Gasteiger charge is 2.37. The minimum absolute atomic E-state index is 0.00397. The van der Waals surface area contributed by atoms with E-state index in [1.54, 1.807) is 0 Å². The Bertz CT molecular complexity index is 1150. The van der Waals surface area contributed by atoms with Crippen LogP contribution in [0.25, 0.3) is 0 Å². The monoisotopic (exact) mass is 728 g/mol. The Labute approximate surface area is 308 Å². The fourth-order valence-corrected chi connectivity index (χ4v) is 5.04. The molecule has 12 nitrogen and oxygen atoms in total. The molecule has 0 radical (unpaired) electrons. The molecule has 0 unspecified atom stereocenters. The van der Waals surface area contributed by atoms with Gasteiger partial charge in [-0.3, -0.25) is 4.79 Å². The van der Waals surface area contributed by atoms with E-state index in [1.165, 1.54) is 0 Å². The zero-order chi connectivity index (χ0) is 36.6. The lowest BCUT2D eigenvalue weighted by molar-refractivity contribution is -0.138. The van der Waals surface area contributed by atoms with Gasteiger partial charge in [0.1, 0.15) is 5.60 Å². The van der Waals surface area contributed by atoms with Gasteiger partial charge in [-0.1, -0.05) is 91.0 Å². The van der Waals surface area contributed by atoms with Crippen molar-refractivity contribution in [2.45, 2.75) is 12.0 Å². The van der Waals surface area contributed by atoms with Crippen LogP contribution in [0.3, 0.4) is 0 Å². The number of benzene rings is 3.